The van der Waals surface area contributed by atoms with Crippen LogP contribution < -0.4 is 5.32 Å². The number of piperidine rings is 1. The molecule has 0 bridgehead atoms. The lowest BCUT2D eigenvalue weighted by atomic mass is 9.95. The molecule has 0 unspecified atom stereocenters. The molecule has 0 saturated carbocycles. The summed E-state index contributed by atoms with van der Waals surface area (Å²) in [6.07, 6.45) is 2.83. The molecule has 0 atom stereocenters. The Kier molecular flexibility index (Phi) is 5.23. The molecule has 2 amide bonds. The van der Waals surface area contributed by atoms with Gasteiger partial charge in [0.1, 0.15) is 0 Å². The number of carbonyl (C=O) groups is 2. The molecule has 1 aliphatic heterocycles. The topological polar surface area (TPSA) is 62.6 Å². The normalized spacial score (nSPS) is 15.3. The lowest BCUT2D eigenvalue weighted by Gasteiger charge is -2.30. The first-order valence-corrected chi connectivity index (χ1v) is 9.02. The van der Waals surface area contributed by atoms with Crippen molar-refractivity contribution in [2.24, 2.45) is 5.92 Å². The van der Waals surface area contributed by atoms with Gasteiger partial charge in [0.2, 0.25) is 5.91 Å². The van der Waals surface area contributed by atoms with Crippen LogP contribution in [0.3, 0.4) is 0 Å². The molecule has 1 aliphatic rings. The second kappa shape index (κ2) is 7.38. The Labute approximate surface area is 154 Å². The van der Waals surface area contributed by atoms with Gasteiger partial charge in [-0.3, -0.25) is 9.59 Å². The summed E-state index contributed by atoms with van der Waals surface area (Å²) in [5.41, 5.74) is 1.91. The number of hydrogen-bond acceptors (Lipinski definition) is 3. The molecular weight excluding hydrogens is 419 g/mol. The summed E-state index contributed by atoms with van der Waals surface area (Å²) in [5.74, 6) is 0.216. The van der Waals surface area contributed by atoms with Gasteiger partial charge in [0.05, 0.1) is 6.26 Å². The Hall–Kier alpha value is -1.83. The highest BCUT2D eigenvalue weighted by Gasteiger charge is 2.28. The highest BCUT2D eigenvalue weighted by atomic mass is 127. The number of benzene rings is 1. The Bertz CT molecular complexity index is 735. The third-order valence-electron chi connectivity index (χ3n) is 4.33. The van der Waals surface area contributed by atoms with Crippen LogP contribution in [0, 0.1) is 16.4 Å². The number of halogens is 1. The van der Waals surface area contributed by atoms with Crippen molar-refractivity contribution in [3.05, 3.63) is 51.5 Å². The molecule has 1 aromatic heterocycles. The van der Waals surface area contributed by atoms with Gasteiger partial charge in [-0.25, -0.2) is 0 Å². The summed E-state index contributed by atoms with van der Waals surface area (Å²) < 4.78 is 6.30. The molecule has 2 heterocycles. The Morgan fingerprint density at radius 3 is 2.62 bits per heavy atom. The van der Waals surface area contributed by atoms with Crippen molar-refractivity contribution >= 4 is 40.1 Å². The summed E-state index contributed by atoms with van der Waals surface area (Å²) in [7, 11) is 0. The summed E-state index contributed by atoms with van der Waals surface area (Å²) >= 11 is 2.25. The van der Waals surface area contributed by atoms with Crippen molar-refractivity contribution in [3.63, 3.8) is 0 Å². The van der Waals surface area contributed by atoms with Crippen LogP contribution in [-0.4, -0.2) is 29.8 Å². The second-order valence-corrected chi connectivity index (χ2v) is 7.24. The highest BCUT2D eigenvalue weighted by Crippen LogP contribution is 2.23. The van der Waals surface area contributed by atoms with Gasteiger partial charge >= 0.3 is 0 Å². The van der Waals surface area contributed by atoms with E-state index < -0.39 is 0 Å². The lowest BCUT2D eigenvalue weighted by Crippen LogP contribution is -2.41. The van der Waals surface area contributed by atoms with E-state index in [1.807, 2.05) is 25.1 Å². The van der Waals surface area contributed by atoms with Gasteiger partial charge in [-0.2, -0.15) is 0 Å². The zero-order valence-electron chi connectivity index (χ0n) is 13.4. The number of likely N-dealkylation sites (tertiary alicyclic amines) is 1. The van der Waals surface area contributed by atoms with Crippen LogP contribution in [0.25, 0.3) is 0 Å². The number of anilines is 1. The second-order valence-electron chi connectivity index (χ2n) is 5.99. The third kappa shape index (κ3) is 3.80. The molecule has 0 radical (unpaired) electrons. The minimum Gasteiger partial charge on any atom is -0.459 e. The lowest BCUT2D eigenvalue weighted by molar-refractivity contribution is -0.121. The summed E-state index contributed by atoms with van der Waals surface area (Å²) in [5, 5.41) is 3.01. The van der Waals surface area contributed by atoms with Crippen LogP contribution in [0.5, 0.6) is 0 Å². The van der Waals surface area contributed by atoms with Crippen LogP contribution in [-0.2, 0) is 4.79 Å². The van der Waals surface area contributed by atoms with E-state index in [-0.39, 0.29) is 17.7 Å². The summed E-state index contributed by atoms with van der Waals surface area (Å²) in [4.78, 5) is 26.5. The molecule has 2 aromatic rings. The monoisotopic (exact) mass is 438 g/mol. The summed E-state index contributed by atoms with van der Waals surface area (Å²) in [6.45, 7) is 3.13. The number of carbonyl (C=O) groups excluding carboxylic acids is 2. The van der Waals surface area contributed by atoms with E-state index in [9.17, 15) is 9.59 Å². The van der Waals surface area contributed by atoms with E-state index in [4.69, 9.17) is 4.42 Å². The van der Waals surface area contributed by atoms with E-state index >= 15 is 0 Å². The van der Waals surface area contributed by atoms with Crippen molar-refractivity contribution in [1.82, 2.24) is 4.90 Å². The Morgan fingerprint density at radius 1 is 1.25 bits per heavy atom. The average Bonchev–Trinajstić information content (AvgIpc) is 3.11. The van der Waals surface area contributed by atoms with Gasteiger partial charge in [-0.15, -0.1) is 0 Å². The molecule has 1 saturated heterocycles. The van der Waals surface area contributed by atoms with Crippen molar-refractivity contribution < 1.29 is 14.0 Å². The van der Waals surface area contributed by atoms with E-state index in [0.717, 1.165) is 14.8 Å². The number of furan rings is 1. The smallest absolute Gasteiger partial charge is 0.289 e. The predicted molar refractivity (Wildman–Crippen MR) is 99.9 cm³/mol. The van der Waals surface area contributed by atoms with Gasteiger partial charge in [-0.1, -0.05) is 0 Å². The fourth-order valence-corrected chi connectivity index (χ4v) is 3.55. The molecule has 1 N–H and O–H groups in total. The highest BCUT2D eigenvalue weighted by molar-refractivity contribution is 14.1. The van der Waals surface area contributed by atoms with Crippen LogP contribution in [0.1, 0.15) is 29.0 Å². The van der Waals surface area contributed by atoms with Gasteiger partial charge in [0, 0.05) is 28.3 Å². The molecule has 0 aliphatic carbocycles. The van der Waals surface area contributed by atoms with Crippen molar-refractivity contribution in [2.45, 2.75) is 19.8 Å². The molecule has 1 aromatic carbocycles. The first kappa shape index (κ1) is 17.0. The number of aryl methyl sites for hydroxylation is 1. The maximum Gasteiger partial charge on any atom is 0.289 e. The molecule has 24 heavy (non-hydrogen) atoms. The Balaban J connectivity index is 1.56. The van der Waals surface area contributed by atoms with E-state index in [1.54, 1.807) is 17.0 Å². The zero-order valence-corrected chi connectivity index (χ0v) is 15.6. The predicted octanol–water partition coefficient (Wildman–Crippen LogP) is 3.68. The first-order chi connectivity index (χ1) is 11.5. The molecule has 126 valence electrons. The van der Waals surface area contributed by atoms with Crippen molar-refractivity contribution in [2.75, 3.05) is 18.4 Å². The molecule has 1 fully saturated rings. The largest absolute Gasteiger partial charge is 0.459 e. The van der Waals surface area contributed by atoms with Gasteiger partial charge in [-0.05, 0) is 78.3 Å². The Morgan fingerprint density at radius 2 is 2.00 bits per heavy atom. The van der Waals surface area contributed by atoms with E-state index in [2.05, 4.69) is 27.9 Å². The van der Waals surface area contributed by atoms with Crippen LogP contribution in [0.2, 0.25) is 0 Å². The fourth-order valence-electron chi connectivity index (χ4n) is 2.90. The minimum atomic E-state index is -0.104. The molecular formula is C18H19IN2O3. The molecule has 6 heteroatoms. The number of amides is 2. The first-order valence-electron chi connectivity index (χ1n) is 7.94. The minimum absolute atomic E-state index is 0.0319. The number of nitrogens with one attached hydrogen (secondary N) is 1. The molecule has 5 nitrogen and oxygen atoms in total. The van der Waals surface area contributed by atoms with Crippen molar-refractivity contribution in [3.8, 4) is 0 Å². The third-order valence-corrected chi connectivity index (χ3v) is 5.00. The van der Waals surface area contributed by atoms with E-state index in [0.29, 0.717) is 31.7 Å². The SMILES string of the molecule is Cc1cc(I)ccc1NC(=O)C1CCN(C(=O)c2ccco2)CC1. The van der Waals surface area contributed by atoms with Gasteiger partial charge in [0.15, 0.2) is 5.76 Å². The van der Waals surface area contributed by atoms with Crippen molar-refractivity contribution in [1.29, 1.82) is 0 Å². The standard InChI is InChI=1S/C18H19IN2O3/c1-12-11-14(19)4-5-15(12)20-17(22)13-6-8-21(9-7-13)18(23)16-3-2-10-24-16/h2-5,10-11,13H,6-9H2,1H3,(H,20,22). The quantitative estimate of drug-likeness (QED) is 0.744. The molecule has 0 spiro atoms. The summed E-state index contributed by atoms with van der Waals surface area (Å²) in [6, 6.07) is 9.33. The van der Waals surface area contributed by atoms with Gasteiger partial charge < -0.3 is 14.6 Å². The van der Waals surface area contributed by atoms with Crippen LogP contribution in [0.15, 0.2) is 41.0 Å². The van der Waals surface area contributed by atoms with Crippen LogP contribution >= 0.6 is 22.6 Å². The number of hydrogen-bond donors (Lipinski definition) is 1. The maximum absolute atomic E-state index is 12.5. The fraction of sp³-hybridized carbons (Fsp3) is 0.333. The maximum atomic E-state index is 12.5. The van der Waals surface area contributed by atoms with E-state index in [1.165, 1.54) is 6.26 Å². The average molecular weight is 438 g/mol. The number of rotatable bonds is 3. The van der Waals surface area contributed by atoms with Crippen LogP contribution in [0.4, 0.5) is 5.69 Å². The van der Waals surface area contributed by atoms with Gasteiger partial charge in [0.25, 0.3) is 5.91 Å². The molecule has 3 rings (SSSR count). The number of nitrogens with zero attached hydrogens (tertiary/aromatic N) is 1. The zero-order chi connectivity index (χ0) is 17.1.